The van der Waals surface area contributed by atoms with E-state index in [9.17, 15) is 19.6 Å². The summed E-state index contributed by atoms with van der Waals surface area (Å²) in [6.45, 7) is 3.13. The zero-order valence-corrected chi connectivity index (χ0v) is 18.8. The Morgan fingerprint density at radius 3 is 2.85 bits per heavy atom. The van der Waals surface area contributed by atoms with Crippen molar-refractivity contribution in [1.82, 2.24) is 9.55 Å². The van der Waals surface area contributed by atoms with Gasteiger partial charge in [-0.05, 0) is 31.5 Å². The molecule has 1 aromatic carbocycles. The van der Waals surface area contributed by atoms with Crippen molar-refractivity contribution >= 4 is 20.0 Å². The summed E-state index contributed by atoms with van der Waals surface area (Å²) in [7, 11) is -3.87. The van der Waals surface area contributed by atoms with Crippen LogP contribution < -0.4 is 11.4 Å². The molecule has 0 bridgehead atoms. The van der Waals surface area contributed by atoms with Crippen LogP contribution in [0.4, 0.5) is 5.82 Å². The Labute approximate surface area is 189 Å². The molecule has 4 rings (SSSR count). The minimum absolute atomic E-state index is 0.0343. The SMILES string of the molecule is CC(C)OC(=O)c1ccccc1CO[P+]1(O)OC[C@H]2O[C@@H](n3ccc(N)nc3=O)[C@@H](O)[C@@H]2O1. The van der Waals surface area contributed by atoms with Crippen molar-refractivity contribution in [2.24, 2.45) is 0 Å². The Hall–Kier alpha value is -2.44. The molecule has 0 amide bonds. The topological polar surface area (TPSA) is 165 Å². The maximum atomic E-state index is 12.3. The van der Waals surface area contributed by atoms with Crippen molar-refractivity contribution in [2.75, 3.05) is 12.3 Å². The van der Waals surface area contributed by atoms with Gasteiger partial charge in [0.2, 0.25) is 0 Å². The Bertz CT molecular complexity index is 1080. The first kappa shape index (κ1) is 23.7. The minimum Gasteiger partial charge on any atom is -0.459 e. The van der Waals surface area contributed by atoms with Crippen LogP contribution in [0.3, 0.4) is 0 Å². The summed E-state index contributed by atoms with van der Waals surface area (Å²) in [4.78, 5) is 38.9. The number of fused-ring (bicyclic) bond motifs is 1. The normalized spacial score (nSPS) is 29.1. The highest BCUT2D eigenvalue weighted by atomic mass is 31.2. The molecule has 33 heavy (non-hydrogen) atoms. The fourth-order valence-corrected chi connectivity index (χ4v) is 4.93. The second kappa shape index (κ2) is 9.43. The summed E-state index contributed by atoms with van der Waals surface area (Å²) in [5.74, 6) is -0.489. The molecule has 0 radical (unpaired) electrons. The van der Waals surface area contributed by atoms with Gasteiger partial charge in [0.1, 0.15) is 31.2 Å². The highest BCUT2D eigenvalue weighted by Crippen LogP contribution is 2.63. The van der Waals surface area contributed by atoms with Crippen LogP contribution in [0.5, 0.6) is 0 Å². The lowest BCUT2D eigenvalue weighted by Crippen LogP contribution is -2.41. The van der Waals surface area contributed by atoms with Gasteiger partial charge in [-0.3, -0.25) is 4.57 Å². The second-order valence-electron chi connectivity index (χ2n) is 7.82. The fraction of sp³-hybridized carbons (Fsp3) is 0.450. The van der Waals surface area contributed by atoms with Gasteiger partial charge in [-0.15, -0.1) is 9.05 Å². The van der Waals surface area contributed by atoms with Crippen LogP contribution in [0.2, 0.25) is 0 Å². The van der Waals surface area contributed by atoms with Gasteiger partial charge in [0, 0.05) is 6.20 Å². The van der Waals surface area contributed by atoms with Crippen LogP contribution in [0.15, 0.2) is 41.3 Å². The number of benzene rings is 1. The molecule has 2 saturated heterocycles. The van der Waals surface area contributed by atoms with E-state index in [1.165, 1.54) is 12.3 Å². The average molecular weight is 482 g/mol. The molecule has 12 nitrogen and oxygen atoms in total. The van der Waals surface area contributed by atoms with E-state index in [0.29, 0.717) is 5.56 Å². The third-order valence-corrected chi connectivity index (χ3v) is 6.50. The van der Waals surface area contributed by atoms with E-state index in [-0.39, 0.29) is 30.7 Å². The Morgan fingerprint density at radius 2 is 2.12 bits per heavy atom. The summed E-state index contributed by atoms with van der Waals surface area (Å²) in [5, 5.41) is 10.7. The van der Waals surface area contributed by atoms with Crippen molar-refractivity contribution in [3.05, 3.63) is 58.1 Å². The third kappa shape index (κ3) is 5.07. The van der Waals surface area contributed by atoms with E-state index in [1.54, 1.807) is 38.1 Å². The molecule has 0 saturated carbocycles. The zero-order valence-electron chi connectivity index (χ0n) is 17.9. The van der Waals surface area contributed by atoms with Crippen LogP contribution in [-0.4, -0.2) is 56.5 Å². The van der Waals surface area contributed by atoms with Crippen LogP contribution in [0.1, 0.15) is 36.0 Å². The van der Waals surface area contributed by atoms with E-state index in [1.807, 2.05) is 0 Å². The Balaban J connectivity index is 1.45. The second-order valence-corrected chi connectivity index (χ2v) is 9.48. The van der Waals surface area contributed by atoms with Crippen LogP contribution in [0, 0.1) is 0 Å². The van der Waals surface area contributed by atoms with E-state index in [0.717, 1.165) is 4.57 Å². The number of nitrogen functional groups attached to an aromatic ring is 1. The summed E-state index contributed by atoms with van der Waals surface area (Å²) in [6.07, 6.45) is -3.15. The van der Waals surface area contributed by atoms with Crippen molar-refractivity contribution in [3.8, 4) is 0 Å². The van der Waals surface area contributed by atoms with Gasteiger partial charge in [-0.1, -0.05) is 18.2 Å². The quantitative estimate of drug-likeness (QED) is 0.396. The largest absolute Gasteiger partial charge is 0.573 e. The number of esters is 1. The zero-order chi connectivity index (χ0) is 23.8. The molecule has 3 heterocycles. The highest BCUT2D eigenvalue weighted by molar-refractivity contribution is 7.55. The van der Waals surface area contributed by atoms with Crippen molar-refractivity contribution in [3.63, 3.8) is 0 Å². The first-order valence-corrected chi connectivity index (χ1v) is 11.7. The third-order valence-electron chi connectivity index (χ3n) is 5.06. The van der Waals surface area contributed by atoms with Gasteiger partial charge >= 0.3 is 19.8 Å². The van der Waals surface area contributed by atoms with Crippen LogP contribution in [-0.2, 0) is 29.7 Å². The molecule has 13 heteroatoms. The molecule has 2 aromatic rings. The summed E-state index contributed by atoms with van der Waals surface area (Å²) >= 11 is 0. The van der Waals surface area contributed by atoms with Gasteiger partial charge in [-0.25, -0.2) is 9.59 Å². The number of hydrogen-bond acceptors (Lipinski definition) is 11. The summed E-state index contributed by atoms with van der Waals surface area (Å²) < 4.78 is 28.5. The summed E-state index contributed by atoms with van der Waals surface area (Å²) in [5.41, 5.74) is 5.55. The maximum absolute atomic E-state index is 12.3. The molecule has 1 aromatic heterocycles. The number of nitrogens with zero attached hydrogens (tertiary/aromatic N) is 2. The lowest BCUT2D eigenvalue weighted by Gasteiger charge is -2.27. The molecule has 2 aliphatic rings. The van der Waals surface area contributed by atoms with Gasteiger partial charge in [0.25, 0.3) is 0 Å². The number of hydrogen-bond donors (Lipinski definition) is 3. The number of carbonyl (C=O) groups excluding carboxylic acids is 1. The van der Waals surface area contributed by atoms with E-state index in [2.05, 4.69) is 4.98 Å². The number of rotatable bonds is 6. The van der Waals surface area contributed by atoms with Gasteiger partial charge in [-0.2, -0.15) is 14.4 Å². The minimum atomic E-state index is -3.87. The van der Waals surface area contributed by atoms with Crippen molar-refractivity contribution in [2.45, 2.75) is 51.1 Å². The number of aliphatic hydroxyl groups excluding tert-OH is 1. The van der Waals surface area contributed by atoms with Crippen LogP contribution >= 0.6 is 8.17 Å². The molecule has 2 aliphatic heterocycles. The smallest absolute Gasteiger partial charge is 0.459 e. The van der Waals surface area contributed by atoms with Crippen molar-refractivity contribution in [1.29, 1.82) is 0 Å². The fourth-order valence-electron chi connectivity index (χ4n) is 3.53. The lowest BCUT2D eigenvalue weighted by atomic mass is 10.1. The Morgan fingerprint density at radius 1 is 1.36 bits per heavy atom. The lowest BCUT2D eigenvalue weighted by molar-refractivity contribution is -0.0828. The van der Waals surface area contributed by atoms with Gasteiger partial charge in [0.05, 0.1) is 11.7 Å². The van der Waals surface area contributed by atoms with E-state index >= 15 is 0 Å². The highest BCUT2D eigenvalue weighted by Gasteiger charge is 2.61. The molecule has 4 N–H and O–H groups in total. The number of aliphatic hydroxyl groups is 1. The average Bonchev–Trinajstić information content (AvgIpc) is 3.07. The van der Waals surface area contributed by atoms with Crippen LogP contribution in [0.25, 0.3) is 0 Å². The predicted molar refractivity (Wildman–Crippen MR) is 115 cm³/mol. The Kier molecular flexibility index (Phi) is 6.78. The number of carbonyl (C=O) groups is 1. The van der Waals surface area contributed by atoms with Crippen molar-refractivity contribution < 1.29 is 37.8 Å². The molecule has 178 valence electrons. The molecule has 2 fully saturated rings. The van der Waals surface area contributed by atoms with Gasteiger partial charge in [0.15, 0.2) is 12.3 Å². The standard InChI is InChI=1S/C20H24N3O9P/c1-11(2)30-19(25)13-6-4-3-5-12(13)9-28-33(27)29-10-14-17(32-33)16(24)18(31-14)23-8-7-15(21)22-20(23)26/h3-8,11,14,16-18,24,27H,9-10H2,1-2H3,(H-,21,22,26)/p+1/t14-,16+,17-,18-,33?/m1/s1. The van der Waals surface area contributed by atoms with Gasteiger partial charge < -0.3 is 20.3 Å². The number of aromatic nitrogens is 2. The first-order valence-electron chi connectivity index (χ1n) is 10.2. The molecular weight excluding hydrogens is 457 g/mol. The first-order chi connectivity index (χ1) is 15.7. The van der Waals surface area contributed by atoms with E-state index < -0.39 is 44.4 Å². The number of ether oxygens (including phenoxy) is 2. The maximum Gasteiger partial charge on any atom is 0.573 e. The molecule has 1 unspecified atom stereocenters. The molecule has 0 spiro atoms. The number of anilines is 1. The number of nitrogens with two attached hydrogens (primary N) is 1. The predicted octanol–water partition coefficient (Wildman–Crippen LogP) is 0.951. The summed E-state index contributed by atoms with van der Waals surface area (Å²) in [6, 6.07) is 8.03. The molecule has 0 aliphatic carbocycles. The van der Waals surface area contributed by atoms with E-state index in [4.69, 9.17) is 28.8 Å². The molecular formula is C20H25N3O9P+. The molecule has 5 atom stereocenters. The monoisotopic (exact) mass is 482 g/mol.